The van der Waals surface area contributed by atoms with Crippen LogP contribution >= 0.6 is 0 Å². The molecule has 0 heterocycles. The van der Waals surface area contributed by atoms with Gasteiger partial charge >= 0.3 is 0 Å². The fourth-order valence-electron chi connectivity index (χ4n) is 1.97. The molecule has 0 radical (unpaired) electrons. The second-order valence-corrected chi connectivity index (χ2v) is 5.19. The van der Waals surface area contributed by atoms with E-state index in [1.54, 1.807) is 36.4 Å². The maximum absolute atomic E-state index is 12.1. The Balaban J connectivity index is 0.00000338. The first-order valence-corrected chi connectivity index (χ1v) is 7.46. The monoisotopic (exact) mass is 354 g/mol. The third-order valence-electron chi connectivity index (χ3n) is 3.38. The van der Waals surface area contributed by atoms with E-state index in [0.717, 1.165) is 11.1 Å². The zero-order valence-electron chi connectivity index (χ0n) is 13.3. The molecule has 7 N–H and O–H groups in total. The van der Waals surface area contributed by atoms with Crippen LogP contribution in [0.1, 0.15) is 28.9 Å². The lowest BCUT2D eigenvalue weighted by atomic mass is 10.1. The number of amides is 2. The van der Waals surface area contributed by atoms with Gasteiger partial charge in [-0.3, -0.25) is 14.8 Å². The van der Waals surface area contributed by atoms with E-state index < -0.39 is 17.9 Å². The number of carbonyl (C=O) groups excluding carboxylic acids is 2. The summed E-state index contributed by atoms with van der Waals surface area (Å²) in [5, 5.41) is 11.0. The Hall–Kier alpha value is -3.34. The van der Waals surface area contributed by atoms with Crippen LogP contribution in [0.15, 0.2) is 48.5 Å². The summed E-state index contributed by atoms with van der Waals surface area (Å²) in [6, 6.07) is 12.8. The van der Waals surface area contributed by atoms with Gasteiger partial charge in [-0.1, -0.05) is 19.3 Å². The molecule has 26 heavy (non-hydrogen) atoms. The molecule has 7 heteroatoms. The molecule has 1 atom stereocenters. The molecule has 0 unspecified atom stereocenters. The number of anilines is 1. The van der Waals surface area contributed by atoms with Crippen molar-refractivity contribution in [2.45, 2.75) is 13.5 Å². The molecule has 2 amide bonds. The largest absolute Gasteiger partial charge is 0.399 e. The van der Waals surface area contributed by atoms with Crippen molar-refractivity contribution < 1.29 is 14.8 Å². The Labute approximate surface area is 152 Å². The van der Waals surface area contributed by atoms with E-state index in [2.05, 4.69) is 17.2 Å². The molecule has 2 rings (SSSR count). The van der Waals surface area contributed by atoms with Gasteiger partial charge in [0.1, 0.15) is 6.04 Å². The Kier molecular flexibility index (Phi) is 7.83. The summed E-state index contributed by atoms with van der Waals surface area (Å²) >= 11 is 0. The first kappa shape index (κ1) is 20.7. The molecule has 0 aliphatic rings. The van der Waals surface area contributed by atoms with E-state index in [-0.39, 0.29) is 14.0 Å². The second kappa shape index (κ2) is 9.84. The minimum Gasteiger partial charge on any atom is -0.399 e. The maximum atomic E-state index is 12.1. The van der Waals surface area contributed by atoms with E-state index in [0.29, 0.717) is 11.3 Å². The SMILES string of the molecule is C.NC[C@H](NC(=O)c1ccc(C#Cc2ccc(N)cc2)cc1)C(=O)NO. The van der Waals surface area contributed by atoms with Crippen molar-refractivity contribution in [3.8, 4) is 11.8 Å². The maximum Gasteiger partial charge on any atom is 0.267 e. The molecule has 0 bridgehead atoms. The number of nitrogen functional groups attached to an aromatic ring is 1. The van der Waals surface area contributed by atoms with Gasteiger partial charge in [-0.2, -0.15) is 0 Å². The number of carbonyl (C=O) groups is 2. The van der Waals surface area contributed by atoms with Crippen LogP contribution in [-0.4, -0.2) is 29.6 Å². The van der Waals surface area contributed by atoms with E-state index in [9.17, 15) is 9.59 Å². The van der Waals surface area contributed by atoms with Gasteiger partial charge in [0.15, 0.2) is 0 Å². The molecule has 0 aromatic heterocycles. The lowest BCUT2D eigenvalue weighted by Crippen LogP contribution is -2.50. The lowest BCUT2D eigenvalue weighted by Gasteiger charge is -2.14. The Morgan fingerprint density at radius 2 is 1.50 bits per heavy atom. The average molecular weight is 354 g/mol. The van der Waals surface area contributed by atoms with Crippen molar-refractivity contribution >= 4 is 17.5 Å². The van der Waals surface area contributed by atoms with Crippen LogP contribution in [0.2, 0.25) is 0 Å². The smallest absolute Gasteiger partial charge is 0.267 e. The molecule has 0 aliphatic heterocycles. The molecule has 0 saturated carbocycles. The van der Waals surface area contributed by atoms with Crippen molar-refractivity contribution in [2.75, 3.05) is 12.3 Å². The van der Waals surface area contributed by atoms with Gasteiger partial charge in [0, 0.05) is 28.9 Å². The van der Waals surface area contributed by atoms with E-state index in [1.807, 2.05) is 12.1 Å². The van der Waals surface area contributed by atoms with Gasteiger partial charge in [-0.05, 0) is 48.5 Å². The third kappa shape index (κ3) is 5.63. The van der Waals surface area contributed by atoms with Gasteiger partial charge in [0.2, 0.25) is 0 Å². The predicted molar refractivity (Wildman–Crippen MR) is 100 cm³/mol. The Morgan fingerprint density at radius 1 is 1.00 bits per heavy atom. The Bertz CT molecular complexity index is 805. The summed E-state index contributed by atoms with van der Waals surface area (Å²) in [5.74, 6) is 4.73. The predicted octanol–water partition coefficient (Wildman–Crippen LogP) is 0.867. The van der Waals surface area contributed by atoms with Crippen LogP contribution < -0.4 is 22.3 Å². The molecule has 0 aliphatic carbocycles. The van der Waals surface area contributed by atoms with Gasteiger partial charge in [-0.25, -0.2) is 5.48 Å². The number of hydrogen-bond acceptors (Lipinski definition) is 5. The van der Waals surface area contributed by atoms with Crippen LogP contribution in [-0.2, 0) is 4.79 Å². The number of hydroxylamine groups is 1. The molecule has 0 saturated heterocycles. The first-order valence-electron chi connectivity index (χ1n) is 7.46. The molecule has 7 nitrogen and oxygen atoms in total. The highest BCUT2D eigenvalue weighted by Gasteiger charge is 2.19. The first-order chi connectivity index (χ1) is 12.0. The van der Waals surface area contributed by atoms with Crippen LogP contribution in [0, 0.1) is 11.8 Å². The zero-order chi connectivity index (χ0) is 18.2. The molecular weight excluding hydrogens is 332 g/mol. The topological polar surface area (TPSA) is 130 Å². The zero-order valence-corrected chi connectivity index (χ0v) is 13.3. The second-order valence-electron chi connectivity index (χ2n) is 5.19. The Morgan fingerprint density at radius 3 is 1.96 bits per heavy atom. The lowest BCUT2D eigenvalue weighted by molar-refractivity contribution is -0.130. The van der Waals surface area contributed by atoms with Crippen LogP contribution in [0.5, 0.6) is 0 Å². The number of hydrogen-bond donors (Lipinski definition) is 5. The summed E-state index contributed by atoms with van der Waals surface area (Å²) < 4.78 is 0. The molecular formula is C19H22N4O3. The summed E-state index contributed by atoms with van der Waals surface area (Å²) in [5.41, 5.74) is 15.1. The van der Waals surface area contributed by atoms with Gasteiger partial charge in [0.05, 0.1) is 0 Å². The molecule has 0 fully saturated rings. The highest BCUT2D eigenvalue weighted by Crippen LogP contribution is 2.06. The summed E-state index contributed by atoms with van der Waals surface area (Å²) in [4.78, 5) is 23.4. The number of nitrogens with one attached hydrogen (secondary N) is 2. The summed E-state index contributed by atoms with van der Waals surface area (Å²) in [6.45, 7) is -0.136. The number of benzene rings is 2. The average Bonchev–Trinajstić information content (AvgIpc) is 2.65. The molecule has 136 valence electrons. The number of rotatable bonds is 4. The van der Waals surface area contributed by atoms with Crippen LogP contribution in [0.4, 0.5) is 5.69 Å². The highest BCUT2D eigenvalue weighted by atomic mass is 16.5. The van der Waals surface area contributed by atoms with Crippen molar-refractivity contribution in [3.63, 3.8) is 0 Å². The standard InChI is InChI=1S/C18H18N4O3.CH4/c19-11-16(18(24)22-25)21-17(23)14-7-3-12(4-8-14)1-2-13-5-9-15(20)10-6-13;/h3-10,16,25H,11,19-20H2,(H,21,23)(H,22,24);1H4/t16-;/m0./s1. The van der Waals surface area contributed by atoms with Crippen molar-refractivity contribution in [3.05, 3.63) is 65.2 Å². The fourth-order valence-corrected chi connectivity index (χ4v) is 1.97. The van der Waals surface area contributed by atoms with Gasteiger partial charge in [-0.15, -0.1) is 0 Å². The van der Waals surface area contributed by atoms with E-state index >= 15 is 0 Å². The van der Waals surface area contributed by atoms with E-state index in [4.69, 9.17) is 16.7 Å². The summed E-state index contributed by atoms with van der Waals surface area (Å²) in [7, 11) is 0. The van der Waals surface area contributed by atoms with Crippen molar-refractivity contribution in [2.24, 2.45) is 5.73 Å². The highest BCUT2D eigenvalue weighted by molar-refractivity contribution is 5.97. The minimum atomic E-state index is -1.01. The minimum absolute atomic E-state index is 0. The van der Waals surface area contributed by atoms with Crippen LogP contribution in [0.25, 0.3) is 0 Å². The van der Waals surface area contributed by atoms with Crippen molar-refractivity contribution in [1.82, 2.24) is 10.8 Å². The van der Waals surface area contributed by atoms with Crippen molar-refractivity contribution in [1.29, 1.82) is 0 Å². The van der Waals surface area contributed by atoms with Gasteiger partial charge in [0.25, 0.3) is 11.8 Å². The normalized spacial score (nSPS) is 10.5. The number of nitrogens with two attached hydrogens (primary N) is 2. The summed E-state index contributed by atoms with van der Waals surface area (Å²) in [6.07, 6.45) is 0. The molecule has 2 aromatic carbocycles. The fraction of sp³-hybridized carbons (Fsp3) is 0.158. The molecule has 0 spiro atoms. The third-order valence-corrected chi connectivity index (χ3v) is 3.38. The molecule has 2 aromatic rings. The van der Waals surface area contributed by atoms with Gasteiger partial charge < -0.3 is 16.8 Å². The van der Waals surface area contributed by atoms with E-state index in [1.165, 1.54) is 5.48 Å². The van der Waals surface area contributed by atoms with Crippen LogP contribution in [0.3, 0.4) is 0 Å². The quantitative estimate of drug-likeness (QED) is 0.241.